The third-order valence-electron chi connectivity index (χ3n) is 0.707. The van der Waals surface area contributed by atoms with Crippen LogP contribution in [0.5, 0.6) is 0 Å². The SMILES string of the molecule is CC(=O)[O-].C[CH2][AlH][CH2]C.[Na+]. The summed E-state index contributed by atoms with van der Waals surface area (Å²) in [4.78, 5) is 8.89. The van der Waals surface area contributed by atoms with Crippen molar-refractivity contribution in [3.8, 4) is 0 Å². The summed E-state index contributed by atoms with van der Waals surface area (Å²) < 4.78 is 0. The van der Waals surface area contributed by atoms with Gasteiger partial charge in [0.2, 0.25) is 15.2 Å². The normalized spacial score (nSPS) is 6.30. The summed E-state index contributed by atoms with van der Waals surface area (Å²) in [5, 5.41) is 11.9. The van der Waals surface area contributed by atoms with Gasteiger partial charge >= 0.3 is 29.6 Å². The van der Waals surface area contributed by atoms with Gasteiger partial charge in [0.15, 0.2) is 0 Å². The number of rotatable bonds is 2. The zero-order valence-electron chi connectivity index (χ0n) is 7.44. The quantitative estimate of drug-likeness (QED) is 0.414. The van der Waals surface area contributed by atoms with Crippen LogP contribution in [0, 0.1) is 0 Å². The summed E-state index contributed by atoms with van der Waals surface area (Å²) in [6.07, 6.45) is 0. The van der Waals surface area contributed by atoms with Gasteiger partial charge in [0.1, 0.15) is 0 Å². The van der Waals surface area contributed by atoms with Crippen molar-refractivity contribution in [3.05, 3.63) is 0 Å². The van der Waals surface area contributed by atoms with Crippen LogP contribution in [0.15, 0.2) is 0 Å². The van der Waals surface area contributed by atoms with E-state index in [9.17, 15) is 0 Å². The van der Waals surface area contributed by atoms with E-state index in [0.717, 1.165) is 6.92 Å². The number of carboxylic acids is 1. The fraction of sp³-hybridized carbons (Fsp3) is 0.833. The molecule has 4 heteroatoms. The van der Waals surface area contributed by atoms with Crippen LogP contribution in [-0.4, -0.2) is 21.2 Å². The molecule has 0 bridgehead atoms. The summed E-state index contributed by atoms with van der Waals surface area (Å²) in [7, 11) is 0. The van der Waals surface area contributed by atoms with Crippen molar-refractivity contribution in [1.82, 2.24) is 0 Å². The van der Waals surface area contributed by atoms with Crippen molar-refractivity contribution in [2.45, 2.75) is 31.3 Å². The Morgan fingerprint density at radius 3 is 1.60 bits per heavy atom. The first-order valence-electron chi connectivity index (χ1n) is 3.32. The Labute approximate surface area is 91.4 Å². The smallest absolute Gasteiger partial charge is 0.550 e. The topological polar surface area (TPSA) is 40.1 Å². The fourth-order valence-electron chi connectivity index (χ4n) is 0.354. The van der Waals surface area contributed by atoms with Crippen molar-refractivity contribution >= 4 is 21.2 Å². The van der Waals surface area contributed by atoms with Crippen LogP contribution in [0.2, 0.25) is 10.6 Å². The van der Waals surface area contributed by atoms with E-state index in [1.165, 1.54) is 10.6 Å². The third kappa shape index (κ3) is 64.0. The van der Waals surface area contributed by atoms with Gasteiger partial charge in [-0.3, -0.25) is 0 Å². The standard InChI is InChI=1S/C2H4O2.2C2H5.Al.Na.H/c1-2(3)4;2*1-2;;;/h1H3,(H,3,4);2*1H2,2H3;;;/q;;;;+1;/p-1. The summed E-state index contributed by atoms with van der Waals surface area (Å²) >= 11 is 0.432. The second kappa shape index (κ2) is 16.5. The molecular weight excluding hydrogens is 154 g/mol. The average Bonchev–Trinajstić information content (AvgIpc) is 1.66. The van der Waals surface area contributed by atoms with Crippen molar-refractivity contribution < 1.29 is 39.5 Å². The first-order chi connectivity index (χ1) is 4.15. The Morgan fingerprint density at radius 1 is 1.40 bits per heavy atom. The average molecular weight is 168 g/mol. The Morgan fingerprint density at radius 2 is 1.60 bits per heavy atom. The molecule has 0 spiro atoms. The van der Waals surface area contributed by atoms with E-state index in [1.807, 2.05) is 0 Å². The molecule has 0 amide bonds. The summed E-state index contributed by atoms with van der Waals surface area (Å²) in [6, 6.07) is 0. The van der Waals surface area contributed by atoms with Gasteiger partial charge in [0, 0.05) is 5.97 Å². The molecule has 0 saturated heterocycles. The van der Waals surface area contributed by atoms with Crippen LogP contribution >= 0.6 is 0 Å². The maximum atomic E-state index is 8.89. The number of carbonyl (C=O) groups is 1. The van der Waals surface area contributed by atoms with Crippen molar-refractivity contribution in [2.24, 2.45) is 0 Å². The molecule has 0 heterocycles. The van der Waals surface area contributed by atoms with Crippen LogP contribution in [0.4, 0.5) is 0 Å². The Kier molecular flexibility index (Phi) is 28.4. The van der Waals surface area contributed by atoms with E-state index < -0.39 is 5.97 Å². The molecule has 0 aliphatic carbocycles. The molecule has 0 unspecified atom stereocenters. The Bertz CT molecular complexity index is 62.8. The van der Waals surface area contributed by atoms with E-state index in [2.05, 4.69) is 13.8 Å². The Hall–Kier alpha value is 1.00. The third-order valence-corrected chi connectivity index (χ3v) is 2.12. The summed E-state index contributed by atoms with van der Waals surface area (Å²) in [6.45, 7) is 5.52. The zero-order chi connectivity index (χ0) is 7.70. The van der Waals surface area contributed by atoms with E-state index in [0.29, 0.717) is 15.2 Å². The number of carbonyl (C=O) groups excluding carboxylic acids is 1. The number of aliphatic carboxylic acids is 1. The first-order valence-corrected chi connectivity index (χ1v) is 5.32. The molecule has 0 atom stereocenters. The van der Waals surface area contributed by atoms with Gasteiger partial charge in [0.25, 0.3) is 0 Å². The van der Waals surface area contributed by atoms with Crippen LogP contribution in [0.25, 0.3) is 0 Å². The fourth-order valence-corrected chi connectivity index (χ4v) is 1.06. The maximum Gasteiger partial charge on any atom is 1.00 e. The predicted molar refractivity (Wildman–Crippen MR) is 38.8 cm³/mol. The van der Waals surface area contributed by atoms with E-state index in [-0.39, 0.29) is 29.6 Å². The minimum Gasteiger partial charge on any atom is -0.550 e. The van der Waals surface area contributed by atoms with Crippen molar-refractivity contribution in [3.63, 3.8) is 0 Å². The second-order valence-corrected chi connectivity index (χ2v) is 4.55. The molecule has 0 aromatic heterocycles. The first kappa shape index (κ1) is 17.2. The van der Waals surface area contributed by atoms with Gasteiger partial charge in [0.05, 0.1) is 0 Å². The number of hydrogen-bond acceptors (Lipinski definition) is 2. The van der Waals surface area contributed by atoms with Crippen molar-refractivity contribution in [1.29, 1.82) is 0 Å². The molecule has 0 fully saturated rings. The summed E-state index contributed by atoms with van der Waals surface area (Å²) in [5.41, 5.74) is 0. The molecular formula is C6H14AlNaO2. The van der Waals surface area contributed by atoms with Gasteiger partial charge in [-0.05, 0) is 6.92 Å². The van der Waals surface area contributed by atoms with E-state index in [4.69, 9.17) is 9.90 Å². The summed E-state index contributed by atoms with van der Waals surface area (Å²) in [5.74, 6) is -1.08. The van der Waals surface area contributed by atoms with E-state index in [1.54, 1.807) is 0 Å². The molecule has 0 aromatic carbocycles. The Balaban J connectivity index is -0.0000000910. The van der Waals surface area contributed by atoms with Gasteiger partial charge in [-0.15, -0.1) is 10.6 Å². The van der Waals surface area contributed by atoms with Crippen LogP contribution < -0.4 is 34.7 Å². The molecule has 54 valence electrons. The minimum absolute atomic E-state index is 0. The molecule has 10 heavy (non-hydrogen) atoms. The van der Waals surface area contributed by atoms with Gasteiger partial charge in [-0.2, -0.15) is 0 Å². The maximum absolute atomic E-state index is 8.89. The van der Waals surface area contributed by atoms with E-state index >= 15 is 0 Å². The predicted octanol–water partition coefficient (Wildman–Crippen LogP) is -2.94. The van der Waals surface area contributed by atoms with Crippen LogP contribution in [0.3, 0.4) is 0 Å². The molecule has 0 aromatic rings. The number of hydrogen-bond donors (Lipinski definition) is 0. The molecule has 0 radical (unpaired) electrons. The molecule has 0 saturated carbocycles. The molecule has 0 aliphatic rings. The largest absolute Gasteiger partial charge is 1.00 e. The van der Waals surface area contributed by atoms with Crippen LogP contribution in [-0.2, 0) is 4.79 Å². The van der Waals surface area contributed by atoms with Crippen molar-refractivity contribution in [2.75, 3.05) is 0 Å². The number of carboxylic acid groups (broad SMARTS) is 1. The minimum atomic E-state index is -1.08. The molecule has 2 nitrogen and oxygen atoms in total. The molecule has 0 rings (SSSR count). The second-order valence-electron chi connectivity index (χ2n) is 1.85. The molecule has 0 aliphatic heterocycles. The van der Waals surface area contributed by atoms with Crippen LogP contribution in [0.1, 0.15) is 20.8 Å². The van der Waals surface area contributed by atoms with Gasteiger partial charge in [-0.25, -0.2) is 0 Å². The van der Waals surface area contributed by atoms with Gasteiger partial charge < -0.3 is 9.90 Å². The van der Waals surface area contributed by atoms with Gasteiger partial charge in [-0.1, -0.05) is 13.8 Å². The zero-order valence-corrected chi connectivity index (χ0v) is 10.9. The molecule has 0 N–H and O–H groups in total. The monoisotopic (exact) mass is 168 g/mol.